The van der Waals surface area contributed by atoms with E-state index in [1.54, 1.807) is 10.9 Å². The normalized spacial score (nSPS) is 20.7. The Balaban J connectivity index is 1.48. The lowest BCUT2D eigenvalue weighted by molar-refractivity contribution is 0.159. The fourth-order valence-corrected chi connectivity index (χ4v) is 4.58. The standard InChI is InChI=1S/C23H26F2N8O/c1-4-19(34)13(3)32-11-16(9-27-32)31-10-14(6-5-12(31)2)21-29-22-17-7-15(24)8-18(25)20(17)28-23(26)33(22)30-21/h4,7-9,11-14,19,34H,1,5-6,10H2,2-3H3,(H2,26,28)/t12-,13-,14+,19-/m1/s1. The van der Waals surface area contributed by atoms with Gasteiger partial charge in [0.05, 0.1) is 29.4 Å². The number of piperidine rings is 1. The molecule has 11 heteroatoms. The first-order chi connectivity index (χ1) is 16.3. The highest BCUT2D eigenvalue weighted by atomic mass is 19.1. The molecule has 4 heterocycles. The Morgan fingerprint density at radius 3 is 2.82 bits per heavy atom. The molecule has 0 unspecified atom stereocenters. The number of benzene rings is 1. The third kappa shape index (κ3) is 3.65. The van der Waals surface area contributed by atoms with Gasteiger partial charge in [0.25, 0.3) is 0 Å². The molecule has 0 spiro atoms. The van der Waals surface area contributed by atoms with Gasteiger partial charge >= 0.3 is 0 Å². The number of nitrogen functional groups attached to an aromatic ring is 1. The van der Waals surface area contributed by atoms with Crippen molar-refractivity contribution in [2.24, 2.45) is 0 Å². The molecule has 1 aromatic carbocycles. The highest BCUT2D eigenvalue weighted by Crippen LogP contribution is 2.33. The molecule has 9 nitrogen and oxygen atoms in total. The van der Waals surface area contributed by atoms with Crippen LogP contribution in [0.3, 0.4) is 0 Å². The smallest absolute Gasteiger partial charge is 0.223 e. The molecule has 4 aromatic rings. The van der Waals surface area contributed by atoms with E-state index < -0.39 is 17.7 Å². The van der Waals surface area contributed by atoms with Crippen molar-refractivity contribution in [1.29, 1.82) is 0 Å². The lowest BCUT2D eigenvalue weighted by atomic mass is 9.92. The molecule has 1 saturated heterocycles. The average Bonchev–Trinajstić information content (AvgIpc) is 3.48. The van der Waals surface area contributed by atoms with Gasteiger partial charge in [-0.1, -0.05) is 6.08 Å². The number of aliphatic hydroxyl groups is 1. The molecule has 1 fully saturated rings. The van der Waals surface area contributed by atoms with E-state index in [-0.39, 0.29) is 40.5 Å². The Labute approximate surface area is 194 Å². The molecule has 4 atom stereocenters. The molecule has 1 aliphatic heterocycles. The second kappa shape index (κ2) is 8.32. The number of halogens is 2. The number of nitrogens with zero attached hydrogens (tertiary/aromatic N) is 7. The van der Waals surface area contributed by atoms with Crippen molar-refractivity contribution in [3.63, 3.8) is 0 Å². The Morgan fingerprint density at radius 1 is 1.26 bits per heavy atom. The van der Waals surface area contributed by atoms with Gasteiger partial charge in [-0.15, -0.1) is 11.7 Å². The number of aromatic nitrogens is 6. The van der Waals surface area contributed by atoms with Crippen LogP contribution in [0.15, 0.2) is 37.2 Å². The zero-order valence-electron chi connectivity index (χ0n) is 18.9. The third-order valence-corrected chi connectivity index (χ3v) is 6.66. The summed E-state index contributed by atoms with van der Waals surface area (Å²) in [4.78, 5) is 10.9. The number of aliphatic hydroxyl groups excluding tert-OH is 1. The summed E-state index contributed by atoms with van der Waals surface area (Å²) in [7, 11) is 0. The molecule has 3 aromatic heterocycles. The van der Waals surface area contributed by atoms with Gasteiger partial charge in [-0.25, -0.2) is 18.7 Å². The van der Waals surface area contributed by atoms with Crippen LogP contribution in [-0.4, -0.2) is 53.2 Å². The van der Waals surface area contributed by atoms with E-state index in [4.69, 9.17) is 5.73 Å². The SMILES string of the molecule is C=C[C@@H](O)[C@@H](C)n1cc(N2C[C@@H](c3nc4c5cc(F)cc(F)c5nc(N)n4n3)CC[C@H]2C)cn1. The van der Waals surface area contributed by atoms with Crippen molar-refractivity contribution in [2.75, 3.05) is 17.2 Å². The highest BCUT2D eigenvalue weighted by molar-refractivity contribution is 5.92. The van der Waals surface area contributed by atoms with Crippen LogP contribution in [0.4, 0.5) is 20.4 Å². The Hall–Kier alpha value is -3.60. The van der Waals surface area contributed by atoms with E-state index in [1.165, 1.54) is 16.7 Å². The van der Waals surface area contributed by atoms with Crippen molar-refractivity contribution in [1.82, 2.24) is 29.4 Å². The Bertz CT molecular complexity index is 1380. The predicted octanol–water partition coefficient (Wildman–Crippen LogP) is 3.21. The molecule has 0 amide bonds. The van der Waals surface area contributed by atoms with Crippen LogP contribution in [0.1, 0.15) is 44.5 Å². The summed E-state index contributed by atoms with van der Waals surface area (Å²) in [6.07, 6.45) is 6.22. The van der Waals surface area contributed by atoms with E-state index in [9.17, 15) is 13.9 Å². The highest BCUT2D eigenvalue weighted by Gasteiger charge is 2.31. The number of hydrogen-bond acceptors (Lipinski definition) is 7. The van der Waals surface area contributed by atoms with E-state index >= 15 is 0 Å². The summed E-state index contributed by atoms with van der Waals surface area (Å²) >= 11 is 0. The maximum absolute atomic E-state index is 14.3. The summed E-state index contributed by atoms with van der Waals surface area (Å²) in [5.74, 6) is -0.995. The zero-order chi connectivity index (χ0) is 24.1. The van der Waals surface area contributed by atoms with Crippen molar-refractivity contribution in [2.45, 2.75) is 50.8 Å². The molecular formula is C23H26F2N8O. The van der Waals surface area contributed by atoms with Crippen LogP contribution < -0.4 is 10.6 Å². The summed E-state index contributed by atoms with van der Waals surface area (Å²) in [5.41, 5.74) is 7.19. The number of hydrogen-bond donors (Lipinski definition) is 2. The lowest BCUT2D eigenvalue weighted by Crippen LogP contribution is -2.41. The second-order valence-corrected chi connectivity index (χ2v) is 8.88. The van der Waals surface area contributed by atoms with E-state index in [0.717, 1.165) is 24.6 Å². The summed E-state index contributed by atoms with van der Waals surface area (Å²) in [6.45, 7) is 8.30. The first kappa shape index (κ1) is 22.2. The molecule has 1 aliphatic rings. The molecule has 0 aliphatic carbocycles. The van der Waals surface area contributed by atoms with Crippen LogP contribution in [0.5, 0.6) is 0 Å². The van der Waals surface area contributed by atoms with Gasteiger partial charge in [0.15, 0.2) is 17.3 Å². The molecule has 5 rings (SSSR count). The maximum atomic E-state index is 14.3. The molecule has 3 N–H and O–H groups in total. The average molecular weight is 469 g/mol. The van der Waals surface area contributed by atoms with Crippen LogP contribution in [0, 0.1) is 11.6 Å². The zero-order valence-corrected chi connectivity index (χ0v) is 18.9. The van der Waals surface area contributed by atoms with E-state index in [1.807, 2.05) is 13.1 Å². The summed E-state index contributed by atoms with van der Waals surface area (Å²) in [6, 6.07) is 1.99. The quantitative estimate of drug-likeness (QED) is 0.433. The minimum atomic E-state index is -0.792. The fraction of sp³-hybridized carbons (Fsp3) is 0.391. The molecule has 0 radical (unpaired) electrons. The molecule has 0 saturated carbocycles. The van der Waals surface area contributed by atoms with Crippen molar-refractivity contribution in [3.05, 3.63) is 54.6 Å². The van der Waals surface area contributed by atoms with Gasteiger partial charge in [0.1, 0.15) is 11.3 Å². The Kier molecular flexibility index (Phi) is 5.43. The number of rotatable bonds is 5. The van der Waals surface area contributed by atoms with Gasteiger partial charge in [-0.3, -0.25) is 4.68 Å². The molecular weight excluding hydrogens is 442 g/mol. The van der Waals surface area contributed by atoms with Gasteiger partial charge < -0.3 is 15.7 Å². The number of anilines is 2. The van der Waals surface area contributed by atoms with Crippen LogP contribution in [-0.2, 0) is 0 Å². The molecule has 0 bridgehead atoms. The van der Waals surface area contributed by atoms with Gasteiger partial charge in [0.2, 0.25) is 5.95 Å². The number of nitrogens with two attached hydrogens (primary N) is 1. The van der Waals surface area contributed by atoms with E-state index in [2.05, 4.69) is 38.6 Å². The van der Waals surface area contributed by atoms with Gasteiger partial charge in [0, 0.05) is 30.8 Å². The fourth-order valence-electron chi connectivity index (χ4n) is 4.58. The minimum absolute atomic E-state index is 0.0103. The topological polar surface area (TPSA) is 110 Å². The molecule has 178 valence electrons. The number of fused-ring (bicyclic) bond motifs is 3. The van der Waals surface area contributed by atoms with Crippen molar-refractivity contribution >= 4 is 28.2 Å². The largest absolute Gasteiger partial charge is 0.387 e. The third-order valence-electron chi connectivity index (χ3n) is 6.66. The van der Waals surface area contributed by atoms with Crippen LogP contribution >= 0.6 is 0 Å². The maximum Gasteiger partial charge on any atom is 0.223 e. The summed E-state index contributed by atoms with van der Waals surface area (Å²) in [5, 5.41) is 19.3. The van der Waals surface area contributed by atoms with Crippen molar-refractivity contribution < 1.29 is 13.9 Å². The Morgan fingerprint density at radius 2 is 2.06 bits per heavy atom. The van der Waals surface area contributed by atoms with Gasteiger partial charge in [-0.05, 0) is 32.8 Å². The second-order valence-electron chi connectivity index (χ2n) is 8.88. The first-order valence-electron chi connectivity index (χ1n) is 11.2. The monoisotopic (exact) mass is 468 g/mol. The van der Waals surface area contributed by atoms with Gasteiger partial charge in [-0.2, -0.15) is 9.61 Å². The molecule has 34 heavy (non-hydrogen) atoms. The van der Waals surface area contributed by atoms with Crippen LogP contribution in [0.2, 0.25) is 0 Å². The summed E-state index contributed by atoms with van der Waals surface area (Å²) < 4.78 is 31.3. The predicted molar refractivity (Wildman–Crippen MR) is 125 cm³/mol. The first-order valence-corrected chi connectivity index (χ1v) is 11.2. The van der Waals surface area contributed by atoms with E-state index in [0.29, 0.717) is 12.4 Å². The minimum Gasteiger partial charge on any atom is -0.387 e. The lowest BCUT2D eigenvalue weighted by Gasteiger charge is -2.37. The van der Waals surface area contributed by atoms with Crippen LogP contribution in [0.25, 0.3) is 16.6 Å². The van der Waals surface area contributed by atoms with Crippen molar-refractivity contribution in [3.8, 4) is 0 Å².